The summed E-state index contributed by atoms with van der Waals surface area (Å²) in [5.74, 6) is 0. The van der Waals surface area contributed by atoms with Crippen LogP contribution in [0.4, 0.5) is 4.79 Å². The Morgan fingerprint density at radius 1 is 0.800 bits per heavy atom. The van der Waals surface area contributed by atoms with Gasteiger partial charge in [-0.2, -0.15) is 13.5 Å². The third-order valence-electron chi connectivity index (χ3n) is 6.45. The summed E-state index contributed by atoms with van der Waals surface area (Å²) in [5.41, 5.74) is 2.26. The second-order valence-electron chi connectivity index (χ2n) is 8.69. The smallest absolute Gasteiger partial charge is 0.411 e. The minimum Gasteiger partial charge on any atom is -0.442 e. The number of ether oxygens (including phenoxy) is 3. The van der Waals surface area contributed by atoms with Crippen molar-refractivity contribution in [1.29, 1.82) is 0 Å². The van der Waals surface area contributed by atoms with E-state index in [4.69, 9.17) is 14.2 Å². The molecule has 2 fully saturated rings. The van der Waals surface area contributed by atoms with Gasteiger partial charge in [-0.1, -0.05) is 91.0 Å². The van der Waals surface area contributed by atoms with Crippen molar-refractivity contribution in [3.8, 4) is 0 Å². The molecule has 0 N–H and O–H groups in total. The van der Waals surface area contributed by atoms with E-state index in [1.807, 2.05) is 54.6 Å². The predicted octanol–water partition coefficient (Wildman–Crippen LogP) is 4.22. The number of carbonyl (C=O) groups is 1. The molecular weight excluding hydrogens is 460 g/mol. The van der Waals surface area contributed by atoms with Gasteiger partial charge in [-0.15, -0.1) is 0 Å². The number of hydrogen-bond acceptors (Lipinski definition) is 5. The first-order valence-corrected chi connectivity index (χ1v) is 11.8. The van der Waals surface area contributed by atoms with Gasteiger partial charge >= 0.3 is 6.09 Å². The highest BCUT2D eigenvalue weighted by Gasteiger charge is 2.40. The Labute approximate surface area is 213 Å². The van der Waals surface area contributed by atoms with Crippen molar-refractivity contribution in [3.63, 3.8) is 0 Å². The first-order chi connectivity index (χ1) is 16.8. The number of rotatable bonds is 8. The molecule has 0 saturated carbocycles. The van der Waals surface area contributed by atoms with Gasteiger partial charge in [0, 0.05) is 13.1 Å². The van der Waals surface area contributed by atoms with Gasteiger partial charge in [0.25, 0.3) is 0 Å². The zero-order valence-corrected chi connectivity index (χ0v) is 20.7. The van der Waals surface area contributed by atoms with E-state index in [2.05, 4.69) is 41.3 Å². The van der Waals surface area contributed by atoms with E-state index in [0.29, 0.717) is 26.4 Å². The van der Waals surface area contributed by atoms with Crippen LogP contribution in [0.25, 0.3) is 0 Å². The summed E-state index contributed by atoms with van der Waals surface area (Å²) in [4.78, 5) is 16.6. The summed E-state index contributed by atoms with van der Waals surface area (Å²) in [6.07, 6.45) is -0.631. The largest absolute Gasteiger partial charge is 0.442 e. The highest BCUT2D eigenvalue weighted by Crippen LogP contribution is 2.40. The quantitative estimate of drug-likeness (QED) is 0.441. The van der Waals surface area contributed by atoms with E-state index < -0.39 is 5.60 Å². The second kappa shape index (κ2) is 11.7. The molecule has 7 heteroatoms. The van der Waals surface area contributed by atoms with Gasteiger partial charge in [0.2, 0.25) is 0 Å². The Morgan fingerprint density at radius 3 is 1.77 bits per heavy atom. The Bertz CT molecular complexity index is 965. The fraction of sp³-hybridized carbons (Fsp3) is 0.321. The van der Waals surface area contributed by atoms with Gasteiger partial charge < -0.3 is 14.2 Å². The Hall–Kier alpha value is -2.84. The zero-order valence-electron chi connectivity index (χ0n) is 19.7. The molecule has 2 heterocycles. The van der Waals surface area contributed by atoms with Gasteiger partial charge in [0.15, 0.2) is 0 Å². The minimum atomic E-state index is -0.826. The molecule has 35 heavy (non-hydrogen) atoms. The Morgan fingerprint density at radius 2 is 1.29 bits per heavy atom. The first kappa shape index (κ1) is 25.3. The topological polar surface area (TPSA) is 51.2 Å². The van der Waals surface area contributed by atoms with Crippen LogP contribution in [0.3, 0.4) is 0 Å². The molecule has 1 atom stereocenters. The lowest BCUT2D eigenvalue weighted by Crippen LogP contribution is -2.44. The molecular formula is C28H32N2O4S. The third-order valence-corrected chi connectivity index (χ3v) is 6.45. The van der Waals surface area contributed by atoms with Gasteiger partial charge in [0.1, 0.15) is 11.7 Å². The molecule has 2 aliphatic heterocycles. The van der Waals surface area contributed by atoms with E-state index in [1.165, 1.54) is 0 Å². The molecule has 0 aromatic heterocycles. The van der Waals surface area contributed by atoms with Crippen LogP contribution in [0.2, 0.25) is 0 Å². The van der Waals surface area contributed by atoms with Crippen LogP contribution in [-0.2, 0) is 19.8 Å². The van der Waals surface area contributed by atoms with Crippen LogP contribution in [-0.4, -0.2) is 68.1 Å². The number of cyclic esters (lactones) is 1. The van der Waals surface area contributed by atoms with Gasteiger partial charge in [-0.3, -0.25) is 9.80 Å². The molecule has 2 saturated heterocycles. The average Bonchev–Trinajstić information content (AvgIpc) is 3.26. The van der Waals surface area contributed by atoms with Crippen molar-refractivity contribution in [2.75, 3.05) is 46.1 Å². The lowest BCUT2D eigenvalue weighted by molar-refractivity contribution is -0.0300. The van der Waals surface area contributed by atoms with Crippen LogP contribution in [0.15, 0.2) is 91.0 Å². The maximum absolute atomic E-state index is 12.6. The van der Waals surface area contributed by atoms with Gasteiger partial charge in [0.05, 0.1) is 33.0 Å². The molecule has 5 rings (SSSR count). The van der Waals surface area contributed by atoms with E-state index in [-0.39, 0.29) is 32.3 Å². The van der Waals surface area contributed by atoms with Crippen LogP contribution < -0.4 is 0 Å². The van der Waals surface area contributed by atoms with Crippen molar-refractivity contribution in [2.24, 2.45) is 0 Å². The highest BCUT2D eigenvalue weighted by molar-refractivity contribution is 7.59. The van der Waals surface area contributed by atoms with Crippen molar-refractivity contribution in [3.05, 3.63) is 108 Å². The first-order valence-electron chi connectivity index (χ1n) is 11.8. The number of hydrogen-bond donors (Lipinski definition) is 0. The lowest BCUT2D eigenvalue weighted by Gasteiger charge is -2.36. The molecule has 0 aliphatic carbocycles. The lowest BCUT2D eigenvalue weighted by atomic mass is 9.80. The monoisotopic (exact) mass is 492 g/mol. The summed E-state index contributed by atoms with van der Waals surface area (Å²) < 4.78 is 18.0. The fourth-order valence-electron chi connectivity index (χ4n) is 4.75. The summed E-state index contributed by atoms with van der Waals surface area (Å²) in [7, 11) is 0. The van der Waals surface area contributed by atoms with E-state index in [9.17, 15) is 4.79 Å². The molecule has 3 aromatic carbocycles. The molecule has 0 bridgehead atoms. The number of carbonyl (C=O) groups excluding carboxylic acids is 1. The van der Waals surface area contributed by atoms with Crippen LogP contribution in [0.5, 0.6) is 0 Å². The molecule has 6 nitrogen and oxygen atoms in total. The Balaban J connectivity index is 0.00000289. The number of morpholine rings is 1. The third kappa shape index (κ3) is 5.54. The van der Waals surface area contributed by atoms with Crippen LogP contribution in [0.1, 0.15) is 16.7 Å². The molecule has 184 valence electrons. The normalized spacial score (nSPS) is 18.7. The molecule has 3 aromatic rings. The highest BCUT2D eigenvalue weighted by atomic mass is 32.1. The number of nitrogens with zero attached hydrogens (tertiary/aromatic N) is 2. The van der Waals surface area contributed by atoms with Gasteiger partial charge in [-0.05, 0) is 16.7 Å². The molecule has 0 unspecified atom stereocenters. The summed E-state index contributed by atoms with van der Waals surface area (Å²) in [6.45, 7) is 4.38. The van der Waals surface area contributed by atoms with Crippen LogP contribution in [0, 0.1) is 0 Å². The average molecular weight is 493 g/mol. The van der Waals surface area contributed by atoms with Crippen molar-refractivity contribution in [1.82, 2.24) is 9.80 Å². The van der Waals surface area contributed by atoms with Gasteiger partial charge in [-0.25, -0.2) is 4.79 Å². The van der Waals surface area contributed by atoms with Crippen LogP contribution >= 0.6 is 13.5 Å². The summed E-state index contributed by atoms with van der Waals surface area (Å²) in [6, 6.07) is 30.7. The summed E-state index contributed by atoms with van der Waals surface area (Å²) in [5, 5.41) is 0. The number of amides is 1. The maximum Gasteiger partial charge on any atom is 0.411 e. The standard InChI is InChI=1S/C28H30N2O4.H2S/c31-27-30(22-29-16-18-32-19-17-29)20-26(34-27)21-33-28(23-10-4-1-5-11-23,24-12-6-2-7-13-24)25-14-8-3-9-15-25;/h1-15,26H,16-22H2;1H2/t26-;/m0./s1. The molecule has 2 aliphatic rings. The SMILES string of the molecule is O=C1O[C@H](COC(c2ccccc2)(c2ccccc2)c2ccccc2)CN1CN1CCOCC1.S. The van der Waals surface area contributed by atoms with E-state index >= 15 is 0 Å². The fourth-order valence-corrected chi connectivity index (χ4v) is 4.75. The van der Waals surface area contributed by atoms with E-state index in [0.717, 1.165) is 29.8 Å². The zero-order chi connectivity index (χ0) is 23.2. The van der Waals surface area contributed by atoms with Crippen molar-refractivity contribution in [2.45, 2.75) is 11.7 Å². The van der Waals surface area contributed by atoms with Crippen molar-refractivity contribution < 1.29 is 19.0 Å². The second-order valence-corrected chi connectivity index (χ2v) is 8.69. The predicted molar refractivity (Wildman–Crippen MR) is 140 cm³/mol. The number of benzene rings is 3. The van der Waals surface area contributed by atoms with Crippen molar-refractivity contribution >= 4 is 19.6 Å². The maximum atomic E-state index is 12.6. The molecule has 1 amide bonds. The molecule has 0 radical (unpaired) electrons. The molecule has 0 spiro atoms. The minimum absolute atomic E-state index is 0. The summed E-state index contributed by atoms with van der Waals surface area (Å²) >= 11 is 0. The Kier molecular flexibility index (Phi) is 8.46. The van der Waals surface area contributed by atoms with E-state index in [1.54, 1.807) is 4.90 Å².